The van der Waals surface area contributed by atoms with Crippen molar-refractivity contribution in [1.29, 1.82) is 0 Å². The maximum atomic E-state index is 11.3. The van der Waals surface area contributed by atoms with E-state index in [1.165, 1.54) is 289 Å². The summed E-state index contributed by atoms with van der Waals surface area (Å²) in [7, 11) is 0. The second-order valence-corrected chi connectivity index (χ2v) is 23.0. The number of rotatable bonds is 48. The van der Waals surface area contributed by atoms with E-state index >= 15 is 0 Å². The summed E-state index contributed by atoms with van der Waals surface area (Å²) in [6.45, 7) is 11.3. The van der Waals surface area contributed by atoms with Gasteiger partial charge in [0.05, 0.1) is 0 Å². The first-order valence-corrected chi connectivity index (χ1v) is 32.6. The molecule has 3 rings (SSSR count). The van der Waals surface area contributed by atoms with Crippen molar-refractivity contribution in [2.75, 3.05) is 0 Å². The van der Waals surface area contributed by atoms with Crippen LogP contribution in [0.5, 0.6) is 0 Å². The molecule has 1 heterocycles. The molecule has 0 N–H and O–H groups in total. The second-order valence-electron chi connectivity index (χ2n) is 21.6. The number of allylic oxidation sites excluding steroid dienone is 2. The first-order valence-electron chi connectivity index (χ1n) is 31.2. The Hall–Kier alpha value is -1.99. The molecule has 3 heteroatoms. The van der Waals surface area contributed by atoms with E-state index in [-0.39, 0.29) is 0 Å². The average molecular weight is 1010 g/mol. The number of hydrogen-bond donors (Lipinski definition) is 0. The molecule has 2 aromatic carbocycles. The molecule has 0 aromatic heterocycles. The van der Waals surface area contributed by atoms with Gasteiger partial charge < -0.3 is 5.53 Å². The summed E-state index contributed by atoms with van der Waals surface area (Å²) in [5.41, 5.74) is 19.4. The number of hydrogen-bond acceptors (Lipinski definition) is 0. The summed E-state index contributed by atoms with van der Waals surface area (Å²) in [4.78, 5) is 0. The first-order chi connectivity index (χ1) is 34.6. The summed E-state index contributed by atoms with van der Waals surface area (Å²) < 4.78 is 1.44. The van der Waals surface area contributed by atoms with Gasteiger partial charge in [-0.3, -0.25) is 0 Å². The molecule has 0 bridgehead atoms. The van der Waals surface area contributed by atoms with Gasteiger partial charge in [0.15, 0.2) is 0 Å². The number of benzene rings is 2. The molecule has 0 amide bonds. The van der Waals surface area contributed by atoms with Gasteiger partial charge in [0.1, 0.15) is 0 Å². The van der Waals surface area contributed by atoms with Crippen molar-refractivity contribution in [2.24, 2.45) is 0 Å². The molecule has 0 saturated carbocycles. The van der Waals surface area contributed by atoms with Crippen LogP contribution < -0.4 is 0 Å². The molecule has 404 valence electrons. The van der Waals surface area contributed by atoms with Crippen LogP contribution >= 0.6 is 0 Å². The van der Waals surface area contributed by atoms with Crippen LogP contribution in [0.2, 0.25) is 10.8 Å². The molecule has 2 nitrogen and oxygen atoms in total. The van der Waals surface area contributed by atoms with Crippen molar-refractivity contribution in [3.05, 3.63) is 88.0 Å². The Morgan fingerprint density at radius 2 is 0.700 bits per heavy atom. The monoisotopic (exact) mass is 1010 g/mol. The predicted octanol–water partition coefficient (Wildman–Crippen LogP) is 24.0. The Morgan fingerprint density at radius 1 is 0.343 bits per heavy atom. The third-order valence-corrected chi connectivity index (χ3v) is 16.2. The molecule has 0 fully saturated rings. The molecular weight excluding hydrogens is 891 g/mol. The van der Waals surface area contributed by atoms with E-state index in [1.54, 1.807) is 0 Å². The van der Waals surface area contributed by atoms with Crippen molar-refractivity contribution in [3.63, 3.8) is 0 Å². The zero-order valence-electron chi connectivity index (χ0n) is 47.4. The maximum absolute atomic E-state index is 11.3. The zero-order valence-corrected chi connectivity index (χ0v) is 48.4. The second kappa shape index (κ2) is 48.0. The molecule has 1 aliphatic rings. The normalized spacial score (nSPS) is 12.6. The average Bonchev–Trinajstić information content (AvgIpc) is 3.71. The van der Waals surface area contributed by atoms with Crippen LogP contribution in [0.3, 0.4) is 0 Å². The van der Waals surface area contributed by atoms with E-state index in [0.29, 0.717) is 0 Å². The number of unbranched alkanes of at least 4 members (excludes halogenated alkanes) is 36. The molecule has 0 unspecified atom stereocenters. The van der Waals surface area contributed by atoms with Gasteiger partial charge in [-0.1, -0.05) is 162 Å². The van der Waals surface area contributed by atoms with Gasteiger partial charge in [-0.05, 0) is 73.9 Å². The van der Waals surface area contributed by atoms with E-state index in [9.17, 15) is 5.53 Å². The standard InChI is InChI=1S/C31H42N2.2C18H37.Ni/c1-4-7-10-12-17-29-24-30(28-18-13-16-26(23-28)14-9-6-3)33(32)31(29)27-21-19-25(20-22-27)15-11-8-5-2;2*1-3-5-7-9-11-13-15-17-18-16-14-12-10-8-6-4-2;/h13,16,18-24H,4-12,14-15,17H2,1-3H3;2*1,3-18H2,2H3;. The third kappa shape index (κ3) is 33.7. The van der Waals surface area contributed by atoms with E-state index in [4.69, 9.17) is 0 Å². The first kappa shape index (κ1) is 64.1. The number of nitrogens with zero attached hydrogens (tertiary/aromatic N) is 2. The molecule has 0 radical (unpaired) electrons. The Morgan fingerprint density at radius 3 is 1.13 bits per heavy atom. The molecule has 2 aromatic rings. The van der Waals surface area contributed by atoms with Crippen LogP contribution in [0.4, 0.5) is 0 Å². The summed E-state index contributed by atoms with van der Waals surface area (Å²) in [5, 5.41) is 2.87. The summed E-state index contributed by atoms with van der Waals surface area (Å²) >= 11 is 2.04. The summed E-state index contributed by atoms with van der Waals surface area (Å²) in [6, 6.07) is 17.6. The Kier molecular flexibility index (Phi) is 44.0. The minimum Gasteiger partial charge on any atom is -0.0654 e. The van der Waals surface area contributed by atoms with Gasteiger partial charge in [-0.2, -0.15) is 0 Å². The smallest absolute Gasteiger partial charge is 0.0654 e. The van der Waals surface area contributed by atoms with Gasteiger partial charge in [0.25, 0.3) is 0 Å². The van der Waals surface area contributed by atoms with E-state index in [0.717, 1.165) is 48.2 Å². The van der Waals surface area contributed by atoms with Crippen LogP contribution in [0.25, 0.3) is 16.9 Å². The summed E-state index contributed by atoms with van der Waals surface area (Å²) in [5.74, 6) is 0. The SMILES string of the molecule is CCCCCCC1=C(c2ccc(CCCCC)cc2)[N+](=[N-])C(c2cccc(CCCC)c2)=C1.CCCCCCCCCCCCCCCCC[CH2][Ni][CH2]CCCCCCCCCCCCCCCCC. The van der Waals surface area contributed by atoms with E-state index in [1.807, 2.05) is 14.4 Å². The molecule has 0 saturated heterocycles. The van der Waals surface area contributed by atoms with E-state index < -0.39 is 0 Å². The van der Waals surface area contributed by atoms with Crippen LogP contribution in [0.15, 0.2) is 60.2 Å². The van der Waals surface area contributed by atoms with Gasteiger partial charge in [0, 0.05) is 22.8 Å². The van der Waals surface area contributed by atoms with Crippen LogP contribution in [0.1, 0.15) is 327 Å². The summed E-state index contributed by atoms with van der Waals surface area (Å²) in [6.07, 6.45) is 63.7. The molecule has 70 heavy (non-hydrogen) atoms. The van der Waals surface area contributed by atoms with Crippen LogP contribution in [-0.2, 0) is 27.3 Å². The minimum absolute atomic E-state index is 0.904. The van der Waals surface area contributed by atoms with Crippen LogP contribution in [0, 0.1) is 0 Å². The minimum atomic E-state index is 0.904. The van der Waals surface area contributed by atoms with Gasteiger partial charge in [-0.25, -0.2) is 4.70 Å². The molecule has 0 aliphatic carbocycles. The quantitative estimate of drug-likeness (QED) is 0.0359. The van der Waals surface area contributed by atoms with Crippen molar-refractivity contribution in [3.8, 4) is 0 Å². The van der Waals surface area contributed by atoms with Gasteiger partial charge in [-0.15, -0.1) is 0 Å². The van der Waals surface area contributed by atoms with Crippen molar-refractivity contribution in [1.82, 2.24) is 0 Å². The Labute approximate surface area is 444 Å². The molecule has 0 spiro atoms. The fourth-order valence-corrected chi connectivity index (χ4v) is 11.4. The van der Waals surface area contributed by atoms with Crippen molar-refractivity contribution in [2.45, 2.75) is 328 Å². The topological polar surface area (TPSA) is 25.3 Å². The zero-order chi connectivity index (χ0) is 50.2. The van der Waals surface area contributed by atoms with Gasteiger partial charge in [0.2, 0.25) is 11.4 Å². The molecular formula is C67H116N2Ni. The van der Waals surface area contributed by atoms with Crippen LogP contribution in [-0.4, -0.2) is 4.70 Å². The van der Waals surface area contributed by atoms with E-state index in [2.05, 4.69) is 89.2 Å². The number of aryl methyl sites for hydroxylation is 2. The van der Waals surface area contributed by atoms with Gasteiger partial charge >= 0.3 is 166 Å². The fraction of sp³-hybridized carbons (Fsp3) is 0.761. The molecule has 0 atom stereocenters. The third-order valence-electron chi connectivity index (χ3n) is 14.8. The fourth-order valence-electron chi connectivity index (χ4n) is 10.2. The Balaban J connectivity index is 0.000000482. The Bertz CT molecular complexity index is 1500. The predicted molar refractivity (Wildman–Crippen MR) is 311 cm³/mol. The van der Waals surface area contributed by atoms with Crippen molar-refractivity contribution >= 4 is 11.4 Å². The van der Waals surface area contributed by atoms with Crippen molar-refractivity contribution < 1.29 is 19.1 Å². The molecule has 1 aliphatic heterocycles.